The fourth-order valence-corrected chi connectivity index (χ4v) is 6.07. The molecule has 0 N–H and O–H groups in total. The lowest BCUT2D eigenvalue weighted by atomic mass is 10.0. The largest absolute Gasteiger partial charge is 0.405 e. The molecule has 3 aromatic carbocycles. The third-order valence-corrected chi connectivity index (χ3v) is 8.06. The molecule has 6 aromatic rings. The number of aromatic nitrogens is 2. The Morgan fingerprint density at radius 3 is 2.05 bits per heavy atom. The van der Waals surface area contributed by atoms with Crippen LogP contribution in [0.25, 0.3) is 31.4 Å². The van der Waals surface area contributed by atoms with Gasteiger partial charge in [-0.05, 0) is 49.2 Å². The first-order valence-corrected chi connectivity index (χ1v) is 13.1. The molecule has 0 aliphatic heterocycles. The van der Waals surface area contributed by atoms with Gasteiger partial charge in [-0.2, -0.15) is 4.57 Å². The molecule has 182 valence electrons. The Labute approximate surface area is 220 Å². The molecule has 6 rings (SSSR count). The van der Waals surface area contributed by atoms with Crippen molar-refractivity contribution in [1.29, 1.82) is 0 Å². The predicted molar refractivity (Wildman–Crippen MR) is 150 cm³/mol. The maximum absolute atomic E-state index is 6.47. The van der Waals surface area contributed by atoms with E-state index in [4.69, 9.17) is 9.47 Å². The first-order chi connectivity index (χ1) is 18.0. The number of para-hydroxylation sites is 1. The number of rotatable bonds is 5. The maximum Gasteiger partial charge on any atom is 0.380 e. The molecule has 0 amide bonds. The van der Waals surface area contributed by atoms with E-state index in [1.165, 1.54) is 31.3 Å². The SMILES string of the molecule is Cc1ccccc1Oc1cccc(Oc2cccc(-c3c(C)ccc4c3sc3ccccc34)[n+]2C)[n+]1C. The molecular formula is C32H28N2O2S+2. The second kappa shape index (κ2) is 9.34. The summed E-state index contributed by atoms with van der Waals surface area (Å²) < 4.78 is 19.3. The summed E-state index contributed by atoms with van der Waals surface area (Å²) in [6, 6.07) is 33.2. The Morgan fingerprint density at radius 2 is 1.24 bits per heavy atom. The van der Waals surface area contributed by atoms with Gasteiger partial charge in [-0.3, -0.25) is 0 Å². The quantitative estimate of drug-likeness (QED) is 0.226. The van der Waals surface area contributed by atoms with E-state index < -0.39 is 0 Å². The molecule has 0 saturated heterocycles. The van der Waals surface area contributed by atoms with Crippen LogP contribution >= 0.6 is 11.3 Å². The lowest BCUT2D eigenvalue weighted by Crippen LogP contribution is -2.36. The van der Waals surface area contributed by atoms with E-state index in [1.54, 1.807) is 0 Å². The van der Waals surface area contributed by atoms with Crippen molar-refractivity contribution in [3.8, 4) is 34.6 Å². The van der Waals surface area contributed by atoms with E-state index in [-0.39, 0.29) is 0 Å². The highest BCUT2D eigenvalue weighted by Crippen LogP contribution is 2.41. The summed E-state index contributed by atoms with van der Waals surface area (Å²) in [5.41, 5.74) is 4.68. The van der Waals surface area contributed by atoms with Crippen LogP contribution in [0.1, 0.15) is 11.1 Å². The summed E-state index contributed by atoms with van der Waals surface area (Å²) in [6.45, 7) is 4.22. The third-order valence-electron chi connectivity index (χ3n) is 6.85. The molecule has 3 aromatic heterocycles. The van der Waals surface area contributed by atoms with Crippen molar-refractivity contribution in [2.45, 2.75) is 13.8 Å². The molecule has 4 nitrogen and oxygen atoms in total. The van der Waals surface area contributed by atoms with Gasteiger partial charge in [-0.15, -0.1) is 15.9 Å². The number of benzene rings is 3. The van der Waals surface area contributed by atoms with Gasteiger partial charge in [0, 0.05) is 26.2 Å². The van der Waals surface area contributed by atoms with Crippen molar-refractivity contribution < 1.29 is 18.6 Å². The topological polar surface area (TPSA) is 26.2 Å². The number of aryl methyl sites for hydroxylation is 2. The Bertz CT molecular complexity index is 1790. The molecule has 0 aliphatic rings. The third kappa shape index (κ3) is 4.11. The minimum atomic E-state index is 0.690. The van der Waals surface area contributed by atoms with Crippen LogP contribution in [-0.4, -0.2) is 0 Å². The number of ether oxygens (including phenoxy) is 2. The van der Waals surface area contributed by atoms with Crippen LogP contribution in [0.15, 0.2) is 97.1 Å². The van der Waals surface area contributed by atoms with E-state index in [1.807, 2.05) is 78.4 Å². The van der Waals surface area contributed by atoms with Crippen molar-refractivity contribution >= 4 is 31.5 Å². The predicted octanol–water partition coefficient (Wildman–Crippen LogP) is 7.57. The zero-order chi connectivity index (χ0) is 25.5. The summed E-state index contributed by atoms with van der Waals surface area (Å²) >= 11 is 1.85. The monoisotopic (exact) mass is 504 g/mol. The van der Waals surface area contributed by atoms with Crippen molar-refractivity contribution in [2.75, 3.05) is 0 Å². The highest BCUT2D eigenvalue weighted by Gasteiger charge is 2.25. The minimum absolute atomic E-state index is 0.690. The van der Waals surface area contributed by atoms with Crippen molar-refractivity contribution in [1.82, 2.24) is 0 Å². The molecule has 0 aliphatic carbocycles. The summed E-state index contributed by atoms with van der Waals surface area (Å²) in [7, 11) is 4.01. The second-order valence-electron chi connectivity index (χ2n) is 9.27. The highest BCUT2D eigenvalue weighted by atomic mass is 32.1. The van der Waals surface area contributed by atoms with E-state index >= 15 is 0 Å². The van der Waals surface area contributed by atoms with Gasteiger partial charge in [0.1, 0.15) is 19.8 Å². The number of nitrogens with zero attached hydrogens (tertiary/aromatic N) is 2. The Balaban J connectivity index is 1.41. The van der Waals surface area contributed by atoms with Crippen molar-refractivity contribution in [3.63, 3.8) is 0 Å². The zero-order valence-electron chi connectivity index (χ0n) is 21.4. The minimum Gasteiger partial charge on any atom is -0.405 e. The molecule has 5 heteroatoms. The first-order valence-electron chi connectivity index (χ1n) is 12.3. The average molecular weight is 505 g/mol. The summed E-state index contributed by atoms with van der Waals surface area (Å²) in [4.78, 5) is 0. The standard InChI is InChI=1S/C32H28N2O2S/c1-21-11-5-7-14-26(21)35-29-17-10-18-30(34(29)4)36-28-16-9-13-25(33(28)3)31-22(2)19-20-24-23-12-6-8-15-27(23)37-32(24)31/h5-20H,1-4H3/q+2. The van der Waals surface area contributed by atoms with Gasteiger partial charge in [0.25, 0.3) is 0 Å². The Morgan fingerprint density at radius 1 is 0.568 bits per heavy atom. The van der Waals surface area contributed by atoms with Crippen molar-refractivity contribution in [2.24, 2.45) is 14.1 Å². The molecule has 0 atom stereocenters. The molecule has 0 radical (unpaired) electrons. The number of thiophene rings is 1. The number of pyridine rings is 2. The fourth-order valence-electron chi connectivity index (χ4n) is 4.76. The van der Waals surface area contributed by atoms with Crippen molar-refractivity contribution in [3.05, 3.63) is 108 Å². The van der Waals surface area contributed by atoms with Crippen LogP contribution in [0.3, 0.4) is 0 Å². The van der Waals surface area contributed by atoms with E-state index in [0.29, 0.717) is 11.8 Å². The molecule has 0 fully saturated rings. The Kier molecular flexibility index (Phi) is 5.85. The normalized spacial score (nSPS) is 11.2. The van der Waals surface area contributed by atoms with E-state index in [2.05, 4.69) is 67.1 Å². The van der Waals surface area contributed by atoms with Crippen LogP contribution in [0.2, 0.25) is 0 Å². The number of fused-ring (bicyclic) bond motifs is 3. The molecule has 0 spiro atoms. The average Bonchev–Trinajstić information content (AvgIpc) is 3.28. The van der Waals surface area contributed by atoms with Gasteiger partial charge in [0.2, 0.25) is 5.69 Å². The highest BCUT2D eigenvalue weighted by molar-refractivity contribution is 7.26. The van der Waals surface area contributed by atoms with E-state index in [9.17, 15) is 0 Å². The first kappa shape index (κ1) is 23.2. The van der Waals surface area contributed by atoms with Crippen LogP contribution in [0, 0.1) is 13.8 Å². The Hall–Kier alpha value is -4.22. The molecule has 0 saturated carbocycles. The maximum atomic E-state index is 6.47. The van der Waals surface area contributed by atoms with Gasteiger partial charge in [0.05, 0.1) is 23.8 Å². The van der Waals surface area contributed by atoms with Gasteiger partial charge in [0.15, 0.2) is 0 Å². The smallest absolute Gasteiger partial charge is 0.380 e. The van der Waals surface area contributed by atoms with Crippen LogP contribution in [0.4, 0.5) is 0 Å². The van der Waals surface area contributed by atoms with Gasteiger partial charge in [-0.1, -0.05) is 48.5 Å². The molecule has 3 heterocycles. The molecule has 37 heavy (non-hydrogen) atoms. The zero-order valence-corrected chi connectivity index (χ0v) is 22.2. The molecule has 0 unspecified atom stereocenters. The van der Waals surface area contributed by atoms with Crippen LogP contribution in [-0.2, 0) is 14.1 Å². The number of hydrogen-bond acceptors (Lipinski definition) is 3. The second-order valence-corrected chi connectivity index (χ2v) is 10.3. The van der Waals surface area contributed by atoms with E-state index in [0.717, 1.165) is 22.9 Å². The lowest BCUT2D eigenvalue weighted by molar-refractivity contribution is -0.693. The van der Waals surface area contributed by atoms with Gasteiger partial charge >= 0.3 is 17.6 Å². The molecule has 0 bridgehead atoms. The number of hydrogen-bond donors (Lipinski definition) is 0. The van der Waals surface area contributed by atoms with Gasteiger partial charge < -0.3 is 9.47 Å². The fraction of sp³-hybridized carbons (Fsp3) is 0.125. The summed E-state index contributed by atoms with van der Waals surface area (Å²) in [5, 5.41) is 2.59. The molecular weight excluding hydrogens is 476 g/mol. The van der Waals surface area contributed by atoms with Gasteiger partial charge in [-0.25, -0.2) is 0 Å². The summed E-state index contributed by atoms with van der Waals surface area (Å²) in [6.07, 6.45) is 0. The van der Waals surface area contributed by atoms with Crippen LogP contribution in [0.5, 0.6) is 23.4 Å². The lowest BCUT2D eigenvalue weighted by Gasteiger charge is -2.10. The van der Waals surface area contributed by atoms with Crippen LogP contribution < -0.4 is 18.6 Å². The summed E-state index contributed by atoms with van der Waals surface area (Å²) in [5.74, 6) is 2.97.